The summed E-state index contributed by atoms with van der Waals surface area (Å²) in [5.74, 6) is -14.3. The summed E-state index contributed by atoms with van der Waals surface area (Å²) in [4.78, 5) is 159. The van der Waals surface area contributed by atoms with Crippen LogP contribution in [-0.2, 0) is 64.0 Å². The number of aliphatic hydroxyl groups excluding tert-OH is 1. The van der Waals surface area contributed by atoms with Gasteiger partial charge in [-0.3, -0.25) is 57.7 Å². The number of carboxylic acids is 3. The first kappa shape index (κ1) is 60.5. The lowest BCUT2D eigenvalue weighted by Gasteiger charge is -2.29. The van der Waals surface area contributed by atoms with E-state index >= 15 is 0 Å². The molecule has 29 nitrogen and oxygen atoms in total. The molecule has 0 unspecified atom stereocenters. The Hall–Kier alpha value is -7.60. The Kier molecular flexibility index (Phi) is 25.4. The molecule has 1 aromatic carbocycles. The molecule has 72 heavy (non-hydrogen) atoms. The summed E-state index contributed by atoms with van der Waals surface area (Å²) in [7, 11) is 0. The van der Waals surface area contributed by atoms with E-state index in [1.165, 1.54) is 4.90 Å². The van der Waals surface area contributed by atoms with Gasteiger partial charge in [0.15, 0.2) is 5.96 Å². The van der Waals surface area contributed by atoms with Gasteiger partial charge in [0.05, 0.1) is 31.5 Å². The maximum Gasteiger partial charge on any atom is 0.326 e. The van der Waals surface area contributed by atoms with E-state index in [4.69, 9.17) is 22.9 Å². The lowest BCUT2D eigenvalue weighted by Crippen LogP contribution is -2.61. The van der Waals surface area contributed by atoms with Gasteiger partial charge in [-0.05, 0) is 44.6 Å². The fourth-order valence-corrected chi connectivity index (χ4v) is 7.17. The second kappa shape index (κ2) is 30.2. The molecule has 1 fully saturated rings. The molecule has 1 aliphatic heterocycles. The van der Waals surface area contributed by atoms with Crippen LogP contribution in [0.4, 0.5) is 0 Å². The van der Waals surface area contributed by atoms with Crippen LogP contribution in [0.5, 0.6) is 0 Å². The van der Waals surface area contributed by atoms with Crippen molar-refractivity contribution in [3.8, 4) is 0 Å². The van der Waals surface area contributed by atoms with Crippen molar-refractivity contribution in [1.82, 2.24) is 42.1 Å². The van der Waals surface area contributed by atoms with Crippen molar-refractivity contribution in [3.05, 3.63) is 35.9 Å². The number of aliphatic carboxylic acids is 3. The van der Waals surface area contributed by atoms with Gasteiger partial charge in [0.2, 0.25) is 53.2 Å². The summed E-state index contributed by atoms with van der Waals surface area (Å²) in [5.41, 5.74) is 22.1. The van der Waals surface area contributed by atoms with Crippen LogP contribution >= 0.6 is 12.6 Å². The Labute approximate surface area is 417 Å². The predicted octanol–water partition coefficient (Wildman–Crippen LogP) is -6.76. The van der Waals surface area contributed by atoms with Gasteiger partial charge in [0, 0.05) is 31.7 Å². The van der Waals surface area contributed by atoms with Crippen LogP contribution in [0, 0.1) is 0 Å². The third-order valence-electron chi connectivity index (χ3n) is 10.7. The second-order valence-electron chi connectivity index (χ2n) is 16.5. The molecule has 0 radical (unpaired) electrons. The quantitative estimate of drug-likeness (QED) is 0.0142. The van der Waals surface area contributed by atoms with Crippen LogP contribution in [0.3, 0.4) is 0 Å². The first-order chi connectivity index (χ1) is 33.8. The fourth-order valence-electron chi connectivity index (χ4n) is 7.01. The number of aliphatic imine (C=N–C) groups is 1. The number of nitrogens with zero attached hydrogens (tertiary/aromatic N) is 2. The Morgan fingerprint density at radius 3 is 1.88 bits per heavy atom. The Morgan fingerprint density at radius 2 is 1.32 bits per heavy atom. The zero-order valence-electron chi connectivity index (χ0n) is 39.1. The van der Waals surface area contributed by atoms with Crippen molar-refractivity contribution < 1.29 is 78.0 Å². The molecule has 30 heteroatoms. The van der Waals surface area contributed by atoms with Gasteiger partial charge in [-0.25, -0.2) is 4.79 Å². The van der Waals surface area contributed by atoms with E-state index < -0.39 is 158 Å². The molecule has 0 aromatic heterocycles. The monoisotopic (exact) mass is 1040 g/mol. The van der Waals surface area contributed by atoms with Gasteiger partial charge in [-0.2, -0.15) is 12.6 Å². The van der Waals surface area contributed by atoms with Crippen molar-refractivity contribution in [3.63, 3.8) is 0 Å². The van der Waals surface area contributed by atoms with E-state index in [0.717, 1.165) is 6.92 Å². The zero-order valence-corrected chi connectivity index (χ0v) is 40.0. The largest absolute Gasteiger partial charge is 0.481 e. The van der Waals surface area contributed by atoms with Crippen molar-refractivity contribution in [1.29, 1.82) is 0 Å². The number of amides is 9. The summed E-state index contributed by atoms with van der Waals surface area (Å²) in [5, 5.41) is 54.6. The molecule has 1 aliphatic rings. The van der Waals surface area contributed by atoms with E-state index in [9.17, 15) is 78.0 Å². The number of hydrogen-bond acceptors (Lipinski definition) is 16. The number of nitrogens with one attached hydrogen (secondary N) is 7. The average Bonchev–Trinajstić information content (AvgIpc) is 3.81. The van der Waals surface area contributed by atoms with Crippen molar-refractivity contribution in [2.24, 2.45) is 27.9 Å². The summed E-state index contributed by atoms with van der Waals surface area (Å²) in [6, 6.07) is -4.61. The highest BCUT2D eigenvalue weighted by molar-refractivity contribution is 7.80. The Bertz CT molecular complexity index is 2160. The number of carbonyl (C=O) groups is 12. The maximum absolute atomic E-state index is 14.0. The number of thiol groups is 1. The minimum atomic E-state index is -1.87. The maximum atomic E-state index is 14.0. The number of carboxylic acid groups (broad SMARTS) is 3. The minimum Gasteiger partial charge on any atom is -0.481 e. The molecular weight excluding hydrogens is 975 g/mol. The number of rotatable bonds is 31. The van der Waals surface area contributed by atoms with E-state index in [2.05, 4.69) is 54.8 Å². The summed E-state index contributed by atoms with van der Waals surface area (Å²) in [6.45, 7) is 0.267. The van der Waals surface area contributed by atoms with Gasteiger partial charge in [0.1, 0.15) is 42.3 Å². The number of carbonyl (C=O) groups excluding carboxylic acids is 9. The normalized spacial score (nSPS) is 16.3. The van der Waals surface area contributed by atoms with E-state index in [-0.39, 0.29) is 50.5 Å². The molecule has 0 bridgehead atoms. The first-order valence-electron chi connectivity index (χ1n) is 22.3. The standard InChI is InChI=1S/C42H63N13O16S/c1-20(56)33(39(68)48-18-30(58)49-27(17-32(61)62)36(65)51-24(41(70)71)9-5-13-47-42(45)46)54-37(66)25(15-21-7-3-2-4-8-21)52-34(63)23(11-12-31(59)60)50-35(64)26(16-29(44)57)53-38(67)28-10-6-14-55(28)40(69)22(43)19-72/h2-4,7-8,20,22-28,33,56,72H,5-6,9-19,43H2,1H3,(H2,44,57)(H,48,68)(H,49,58)(H,50,64)(H,51,65)(H,52,63)(H,53,67)(H,54,66)(H,59,60)(H,61,62)(H,70,71)(H4,45,46,47)/t20-,22+,23+,24+,25+,26+,27+,28+,33+/m1/s1. The zero-order chi connectivity index (χ0) is 54.2. The molecule has 0 saturated carbocycles. The highest BCUT2D eigenvalue weighted by Gasteiger charge is 2.39. The molecule has 398 valence electrons. The summed E-state index contributed by atoms with van der Waals surface area (Å²) < 4.78 is 0. The highest BCUT2D eigenvalue weighted by atomic mass is 32.1. The summed E-state index contributed by atoms with van der Waals surface area (Å²) in [6.07, 6.45) is -4.71. The highest BCUT2D eigenvalue weighted by Crippen LogP contribution is 2.19. The third-order valence-corrected chi connectivity index (χ3v) is 11.1. The number of nitrogens with two attached hydrogens (primary N) is 4. The molecule has 9 atom stereocenters. The molecule has 0 aliphatic carbocycles. The SMILES string of the molecule is C[C@@H](O)[C@H](NC(=O)[C@H](Cc1ccccc1)NC(=O)[C@H](CCC(=O)O)NC(=O)[C@H](CC(N)=O)NC(=O)[C@@H]1CCCN1C(=O)[C@@H](N)CS)C(=O)NCC(=O)N[C@@H](CC(=O)O)C(=O)N[C@@H](CCCN=C(N)N)C(=O)O. The van der Waals surface area contributed by atoms with Gasteiger partial charge < -0.3 is 85.5 Å². The first-order valence-corrected chi connectivity index (χ1v) is 23.0. The van der Waals surface area contributed by atoms with Crippen molar-refractivity contribution in [2.75, 3.05) is 25.4 Å². The van der Waals surface area contributed by atoms with Crippen LogP contribution in [0.15, 0.2) is 35.3 Å². The molecular formula is C42H63N13O16S. The number of guanidine groups is 1. The van der Waals surface area contributed by atoms with Gasteiger partial charge >= 0.3 is 17.9 Å². The number of primary amides is 1. The van der Waals surface area contributed by atoms with Crippen LogP contribution in [0.2, 0.25) is 0 Å². The van der Waals surface area contributed by atoms with E-state index in [1.54, 1.807) is 30.3 Å². The molecule has 1 aromatic rings. The lowest BCUT2D eigenvalue weighted by molar-refractivity contribution is -0.143. The number of hydrogen-bond donors (Lipinski definition) is 16. The smallest absolute Gasteiger partial charge is 0.326 e. The van der Waals surface area contributed by atoms with Crippen molar-refractivity contribution in [2.45, 2.75) is 119 Å². The average molecular weight is 1040 g/mol. The fraction of sp³-hybridized carbons (Fsp3) is 0.548. The Balaban J connectivity index is 2.30. The van der Waals surface area contributed by atoms with E-state index in [0.29, 0.717) is 12.0 Å². The predicted molar refractivity (Wildman–Crippen MR) is 253 cm³/mol. The van der Waals surface area contributed by atoms with Crippen molar-refractivity contribution >= 4 is 89.7 Å². The Morgan fingerprint density at radius 1 is 0.736 bits per heavy atom. The molecule has 0 spiro atoms. The van der Waals surface area contributed by atoms with Crippen LogP contribution in [0.25, 0.3) is 0 Å². The third kappa shape index (κ3) is 21.2. The second-order valence-corrected chi connectivity index (χ2v) is 16.8. The summed E-state index contributed by atoms with van der Waals surface area (Å²) >= 11 is 4.02. The molecule has 19 N–H and O–H groups in total. The van der Waals surface area contributed by atoms with Crippen LogP contribution in [-0.4, -0.2) is 182 Å². The number of aliphatic hydroxyl groups is 1. The van der Waals surface area contributed by atoms with E-state index in [1.807, 2.05) is 0 Å². The van der Waals surface area contributed by atoms with Gasteiger partial charge in [-0.1, -0.05) is 30.3 Å². The molecule has 9 amide bonds. The van der Waals surface area contributed by atoms with Crippen LogP contribution in [0.1, 0.15) is 63.9 Å². The van der Waals surface area contributed by atoms with Gasteiger partial charge in [0.25, 0.3) is 0 Å². The lowest BCUT2D eigenvalue weighted by atomic mass is 10.0. The van der Waals surface area contributed by atoms with Crippen LogP contribution < -0.4 is 60.2 Å². The topological polar surface area (TPSA) is 490 Å². The molecule has 1 saturated heterocycles. The molecule has 1 heterocycles. The van der Waals surface area contributed by atoms with Gasteiger partial charge in [-0.15, -0.1) is 0 Å². The molecule has 2 rings (SSSR count). The number of likely N-dealkylation sites (tertiary alicyclic amines) is 1. The number of benzene rings is 1. The minimum absolute atomic E-state index is 0.00744.